The van der Waals surface area contributed by atoms with E-state index in [2.05, 4.69) is 0 Å². The Hall–Kier alpha value is -1.43. The zero-order valence-corrected chi connectivity index (χ0v) is 10.6. The molecule has 4 N–H and O–H groups in total. The minimum atomic E-state index is -0.0661. The lowest BCUT2D eigenvalue weighted by molar-refractivity contribution is 0.0894. The van der Waals surface area contributed by atoms with E-state index < -0.39 is 0 Å². The van der Waals surface area contributed by atoms with Crippen molar-refractivity contribution in [2.24, 2.45) is 0 Å². The molecule has 1 rings (SSSR count). The van der Waals surface area contributed by atoms with E-state index in [1.807, 2.05) is 13.0 Å². The Labute approximate surface area is 107 Å². The number of hydrogen-bond acceptors (Lipinski definition) is 5. The smallest absolute Gasteiger partial charge is 0.176 e. The molecule has 0 bridgehead atoms. The van der Waals surface area contributed by atoms with Crippen molar-refractivity contribution in [2.45, 2.75) is 6.92 Å². The average Bonchev–Trinajstić information content (AvgIpc) is 2.33. The summed E-state index contributed by atoms with van der Waals surface area (Å²) in [5.41, 5.74) is 7.85. The first kappa shape index (κ1) is 14.6. The summed E-state index contributed by atoms with van der Waals surface area (Å²) >= 11 is 0. The van der Waals surface area contributed by atoms with Crippen LogP contribution in [0.3, 0.4) is 0 Å². The van der Waals surface area contributed by atoms with Gasteiger partial charge in [-0.2, -0.15) is 0 Å². The Morgan fingerprint density at radius 2 is 1.89 bits per heavy atom. The van der Waals surface area contributed by atoms with Crippen molar-refractivity contribution in [1.82, 2.24) is 4.90 Å². The molecule has 18 heavy (non-hydrogen) atoms. The standard InChI is InChI=1S/C13H20N2O3/c1-10-2-3-11(8-12(10)14)13(18)9-15(4-6-16)5-7-17/h2-3,8,16-17H,4-7,9,14H2,1H3. The molecule has 0 aromatic heterocycles. The molecule has 1 aromatic rings. The number of ketones is 1. The van der Waals surface area contributed by atoms with Crippen molar-refractivity contribution in [1.29, 1.82) is 0 Å². The number of carbonyl (C=O) groups excluding carboxylic acids is 1. The lowest BCUT2D eigenvalue weighted by Gasteiger charge is -2.19. The predicted octanol–water partition coefficient (Wildman–Crippen LogP) is 0.0465. The van der Waals surface area contributed by atoms with Crippen LogP contribution in [-0.2, 0) is 0 Å². The molecule has 0 amide bonds. The van der Waals surface area contributed by atoms with E-state index in [-0.39, 0.29) is 25.5 Å². The first-order chi connectivity index (χ1) is 8.58. The molecule has 0 spiro atoms. The van der Waals surface area contributed by atoms with Gasteiger partial charge in [0.15, 0.2) is 5.78 Å². The van der Waals surface area contributed by atoms with E-state index in [0.29, 0.717) is 24.3 Å². The Kier molecular flexibility index (Phi) is 5.77. The third kappa shape index (κ3) is 4.10. The van der Waals surface area contributed by atoms with Crippen LogP contribution in [0.5, 0.6) is 0 Å². The van der Waals surface area contributed by atoms with Gasteiger partial charge in [-0.15, -0.1) is 0 Å². The number of anilines is 1. The van der Waals surface area contributed by atoms with Gasteiger partial charge < -0.3 is 15.9 Å². The Morgan fingerprint density at radius 3 is 2.39 bits per heavy atom. The van der Waals surface area contributed by atoms with Crippen molar-refractivity contribution < 1.29 is 15.0 Å². The number of nitrogens with zero attached hydrogens (tertiary/aromatic N) is 1. The van der Waals surface area contributed by atoms with Gasteiger partial charge in [0.25, 0.3) is 0 Å². The number of aliphatic hydroxyl groups excluding tert-OH is 2. The zero-order valence-electron chi connectivity index (χ0n) is 10.6. The Morgan fingerprint density at radius 1 is 1.28 bits per heavy atom. The van der Waals surface area contributed by atoms with Crippen LogP contribution >= 0.6 is 0 Å². The minimum absolute atomic E-state index is 0.0384. The van der Waals surface area contributed by atoms with E-state index >= 15 is 0 Å². The lowest BCUT2D eigenvalue weighted by Crippen LogP contribution is -2.34. The van der Waals surface area contributed by atoms with Gasteiger partial charge in [0, 0.05) is 24.3 Å². The molecule has 0 saturated carbocycles. The summed E-state index contributed by atoms with van der Waals surface area (Å²) in [6.45, 7) is 2.71. The van der Waals surface area contributed by atoms with Gasteiger partial charge in [0.05, 0.1) is 19.8 Å². The van der Waals surface area contributed by atoms with E-state index in [4.69, 9.17) is 15.9 Å². The highest BCUT2D eigenvalue weighted by Crippen LogP contribution is 2.13. The highest BCUT2D eigenvalue weighted by atomic mass is 16.3. The molecule has 0 aliphatic rings. The predicted molar refractivity (Wildman–Crippen MR) is 70.5 cm³/mol. The number of nitrogens with two attached hydrogens (primary N) is 1. The van der Waals surface area contributed by atoms with Crippen LogP contribution in [0.15, 0.2) is 18.2 Å². The molecular weight excluding hydrogens is 232 g/mol. The van der Waals surface area contributed by atoms with Gasteiger partial charge in [0.1, 0.15) is 0 Å². The highest BCUT2D eigenvalue weighted by molar-refractivity contribution is 5.98. The number of aryl methyl sites for hydroxylation is 1. The topological polar surface area (TPSA) is 86.8 Å². The molecule has 5 heteroatoms. The molecule has 100 valence electrons. The van der Waals surface area contributed by atoms with Crippen LogP contribution in [-0.4, -0.2) is 53.7 Å². The summed E-state index contributed by atoms with van der Waals surface area (Å²) in [5.74, 6) is -0.0661. The number of nitrogen functional groups attached to an aromatic ring is 1. The number of Topliss-reactive ketones (excluding diaryl/α,β-unsaturated/α-hetero) is 1. The molecule has 5 nitrogen and oxygen atoms in total. The van der Waals surface area contributed by atoms with Crippen molar-refractivity contribution in [2.75, 3.05) is 38.6 Å². The van der Waals surface area contributed by atoms with E-state index in [1.54, 1.807) is 17.0 Å². The maximum Gasteiger partial charge on any atom is 0.176 e. The Balaban J connectivity index is 2.70. The molecule has 0 fully saturated rings. The second kappa shape index (κ2) is 7.10. The maximum absolute atomic E-state index is 12.0. The first-order valence-corrected chi connectivity index (χ1v) is 5.92. The fraction of sp³-hybridized carbons (Fsp3) is 0.462. The number of rotatable bonds is 7. The fourth-order valence-corrected chi connectivity index (χ4v) is 1.66. The second-order valence-electron chi connectivity index (χ2n) is 4.22. The van der Waals surface area contributed by atoms with Crippen molar-refractivity contribution in [3.63, 3.8) is 0 Å². The summed E-state index contributed by atoms with van der Waals surface area (Å²) in [7, 11) is 0. The van der Waals surface area contributed by atoms with Crippen LogP contribution in [0.4, 0.5) is 5.69 Å². The molecular formula is C13H20N2O3. The quantitative estimate of drug-likeness (QED) is 0.471. The number of aliphatic hydroxyl groups is 2. The van der Waals surface area contributed by atoms with Crippen LogP contribution in [0, 0.1) is 6.92 Å². The number of carbonyl (C=O) groups is 1. The van der Waals surface area contributed by atoms with Gasteiger partial charge in [-0.05, 0) is 18.6 Å². The van der Waals surface area contributed by atoms with Gasteiger partial charge >= 0.3 is 0 Å². The van der Waals surface area contributed by atoms with Crippen LogP contribution < -0.4 is 5.73 Å². The molecule has 1 aromatic carbocycles. The molecule has 0 radical (unpaired) electrons. The van der Waals surface area contributed by atoms with Crippen molar-refractivity contribution in [3.05, 3.63) is 29.3 Å². The summed E-state index contributed by atoms with van der Waals surface area (Å²) in [6, 6.07) is 5.21. The van der Waals surface area contributed by atoms with E-state index in [0.717, 1.165) is 5.56 Å². The van der Waals surface area contributed by atoms with Crippen LogP contribution in [0.1, 0.15) is 15.9 Å². The van der Waals surface area contributed by atoms with Crippen molar-refractivity contribution in [3.8, 4) is 0 Å². The molecule has 0 atom stereocenters. The summed E-state index contributed by atoms with van der Waals surface area (Å²) in [4.78, 5) is 13.7. The van der Waals surface area contributed by atoms with Gasteiger partial charge in [-0.25, -0.2) is 0 Å². The second-order valence-corrected chi connectivity index (χ2v) is 4.22. The maximum atomic E-state index is 12.0. The van der Waals surface area contributed by atoms with Crippen molar-refractivity contribution >= 4 is 11.5 Å². The number of benzene rings is 1. The highest BCUT2D eigenvalue weighted by Gasteiger charge is 2.12. The van der Waals surface area contributed by atoms with Crippen LogP contribution in [0.25, 0.3) is 0 Å². The molecule has 0 aliphatic heterocycles. The monoisotopic (exact) mass is 252 g/mol. The summed E-state index contributed by atoms with van der Waals surface area (Å²) < 4.78 is 0. The first-order valence-electron chi connectivity index (χ1n) is 5.92. The normalized spacial score (nSPS) is 10.9. The molecule has 0 unspecified atom stereocenters. The largest absolute Gasteiger partial charge is 0.398 e. The number of hydrogen-bond donors (Lipinski definition) is 3. The summed E-state index contributed by atoms with van der Waals surface area (Å²) in [6.07, 6.45) is 0. The third-order valence-electron chi connectivity index (χ3n) is 2.80. The molecule has 0 saturated heterocycles. The third-order valence-corrected chi connectivity index (χ3v) is 2.80. The Bertz CT molecular complexity index is 401. The molecule has 0 heterocycles. The minimum Gasteiger partial charge on any atom is -0.398 e. The lowest BCUT2D eigenvalue weighted by atomic mass is 10.1. The van der Waals surface area contributed by atoms with Gasteiger partial charge in [-0.3, -0.25) is 9.69 Å². The average molecular weight is 252 g/mol. The van der Waals surface area contributed by atoms with Gasteiger partial charge in [-0.1, -0.05) is 12.1 Å². The zero-order chi connectivity index (χ0) is 13.5. The van der Waals surface area contributed by atoms with E-state index in [1.165, 1.54) is 0 Å². The van der Waals surface area contributed by atoms with Crippen LogP contribution in [0.2, 0.25) is 0 Å². The molecule has 0 aliphatic carbocycles. The summed E-state index contributed by atoms with van der Waals surface area (Å²) in [5, 5.41) is 17.7. The van der Waals surface area contributed by atoms with E-state index in [9.17, 15) is 4.79 Å². The van der Waals surface area contributed by atoms with Gasteiger partial charge in [0.2, 0.25) is 0 Å². The fourth-order valence-electron chi connectivity index (χ4n) is 1.66. The SMILES string of the molecule is Cc1ccc(C(=O)CN(CCO)CCO)cc1N.